The van der Waals surface area contributed by atoms with Crippen LogP contribution < -0.4 is 0 Å². The monoisotopic (exact) mass is 207 g/mol. The van der Waals surface area contributed by atoms with Crippen LogP contribution in [0.2, 0.25) is 10.0 Å². The van der Waals surface area contributed by atoms with Crippen molar-refractivity contribution < 1.29 is 9.60 Å². The summed E-state index contributed by atoms with van der Waals surface area (Å²) in [6.45, 7) is 0. The zero-order valence-electron chi connectivity index (χ0n) is 5.76. The molecule has 0 aromatic heterocycles. The molecule has 0 unspecified atom stereocenters. The number of benzene rings is 1. The normalized spacial score (nSPS) is 10.9. The Morgan fingerprint density at radius 3 is 2.25 bits per heavy atom. The van der Waals surface area contributed by atoms with E-state index in [1.165, 1.54) is 0 Å². The van der Waals surface area contributed by atoms with Crippen LogP contribution in [0, 0.1) is 5.82 Å². The van der Waals surface area contributed by atoms with Gasteiger partial charge in [0.2, 0.25) is 0 Å². The number of halogens is 3. The van der Waals surface area contributed by atoms with Crippen LogP contribution in [-0.4, -0.2) is 11.4 Å². The third-order valence-corrected chi connectivity index (χ3v) is 1.86. The Balaban J connectivity index is 3.28. The van der Waals surface area contributed by atoms with Crippen molar-refractivity contribution in [1.82, 2.24) is 0 Å². The van der Waals surface area contributed by atoms with Crippen molar-refractivity contribution >= 4 is 29.4 Å². The second-order valence-corrected chi connectivity index (χ2v) is 2.84. The Hall–Kier alpha value is -0.800. The number of hydrogen-bond acceptors (Lipinski definition) is 2. The molecule has 0 saturated carbocycles. The van der Waals surface area contributed by atoms with E-state index in [4.69, 9.17) is 28.4 Å². The topological polar surface area (TPSA) is 32.6 Å². The zero-order chi connectivity index (χ0) is 9.14. The average molecular weight is 208 g/mol. The van der Waals surface area contributed by atoms with Crippen LogP contribution in [0.1, 0.15) is 5.56 Å². The molecule has 5 heteroatoms. The fourth-order valence-electron chi connectivity index (χ4n) is 0.734. The number of hydrogen-bond donors (Lipinski definition) is 1. The highest BCUT2D eigenvalue weighted by atomic mass is 35.5. The molecule has 0 heterocycles. The lowest BCUT2D eigenvalue weighted by Crippen LogP contribution is -1.87. The quantitative estimate of drug-likeness (QED) is 0.429. The smallest absolute Gasteiger partial charge is 0.126 e. The summed E-state index contributed by atoms with van der Waals surface area (Å²) in [4.78, 5) is 0. The van der Waals surface area contributed by atoms with Crippen molar-refractivity contribution in [2.75, 3.05) is 0 Å². The SMILES string of the molecule is O/N=C\c1c(Cl)cc(F)cc1Cl. The van der Waals surface area contributed by atoms with Gasteiger partial charge in [-0.2, -0.15) is 0 Å². The van der Waals surface area contributed by atoms with E-state index < -0.39 is 5.82 Å². The van der Waals surface area contributed by atoms with Crippen LogP contribution >= 0.6 is 23.2 Å². The van der Waals surface area contributed by atoms with Gasteiger partial charge in [-0.3, -0.25) is 0 Å². The lowest BCUT2D eigenvalue weighted by Gasteiger charge is -1.99. The fourth-order valence-corrected chi connectivity index (χ4v) is 1.29. The van der Waals surface area contributed by atoms with Crippen LogP contribution in [0.3, 0.4) is 0 Å². The van der Waals surface area contributed by atoms with Gasteiger partial charge in [-0.25, -0.2) is 4.39 Å². The number of rotatable bonds is 1. The van der Waals surface area contributed by atoms with Gasteiger partial charge in [0.05, 0.1) is 16.3 Å². The van der Waals surface area contributed by atoms with Gasteiger partial charge in [0, 0.05) is 5.56 Å². The van der Waals surface area contributed by atoms with Gasteiger partial charge in [-0.1, -0.05) is 28.4 Å². The Labute approximate surface area is 78.2 Å². The lowest BCUT2D eigenvalue weighted by atomic mass is 10.2. The molecule has 0 fully saturated rings. The summed E-state index contributed by atoms with van der Waals surface area (Å²) in [5, 5.41) is 11.2. The summed E-state index contributed by atoms with van der Waals surface area (Å²) in [7, 11) is 0. The molecule has 1 aromatic carbocycles. The van der Waals surface area contributed by atoms with E-state index in [1.807, 2.05) is 0 Å². The lowest BCUT2D eigenvalue weighted by molar-refractivity contribution is 0.322. The molecule has 0 spiro atoms. The molecule has 1 aromatic rings. The average Bonchev–Trinajstić information content (AvgIpc) is 1.96. The summed E-state index contributed by atoms with van der Waals surface area (Å²) in [5.41, 5.74) is 0.294. The summed E-state index contributed by atoms with van der Waals surface area (Å²) in [6, 6.07) is 2.18. The molecule has 0 atom stereocenters. The van der Waals surface area contributed by atoms with Crippen LogP contribution in [0.5, 0.6) is 0 Å². The Morgan fingerprint density at radius 2 is 1.83 bits per heavy atom. The maximum absolute atomic E-state index is 12.6. The Morgan fingerprint density at radius 1 is 1.33 bits per heavy atom. The van der Waals surface area contributed by atoms with Gasteiger partial charge >= 0.3 is 0 Å². The van der Waals surface area contributed by atoms with E-state index in [1.54, 1.807) is 0 Å². The second-order valence-electron chi connectivity index (χ2n) is 2.03. The molecular formula is C7H4Cl2FNO. The van der Waals surface area contributed by atoms with E-state index in [9.17, 15) is 4.39 Å². The summed E-state index contributed by atoms with van der Waals surface area (Å²) in [5.74, 6) is -0.528. The van der Waals surface area contributed by atoms with E-state index >= 15 is 0 Å². The van der Waals surface area contributed by atoms with Crippen molar-refractivity contribution in [3.8, 4) is 0 Å². The molecule has 0 radical (unpaired) electrons. The van der Waals surface area contributed by atoms with E-state index in [2.05, 4.69) is 5.16 Å². The summed E-state index contributed by atoms with van der Waals surface area (Å²) >= 11 is 11.2. The van der Waals surface area contributed by atoms with Crippen LogP contribution in [-0.2, 0) is 0 Å². The molecule has 2 nitrogen and oxygen atoms in total. The minimum Gasteiger partial charge on any atom is -0.411 e. The van der Waals surface area contributed by atoms with Gasteiger partial charge in [-0.15, -0.1) is 0 Å². The molecule has 1 N–H and O–H groups in total. The van der Waals surface area contributed by atoms with Crippen LogP contribution in [0.4, 0.5) is 4.39 Å². The molecular weight excluding hydrogens is 204 g/mol. The van der Waals surface area contributed by atoms with Crippen molar-refractivity contribution in [2.45, 2.75) is 0 Å². The minimum absolute atomic E-state index is 0.109. The van der Waals surface area contributed by atoms with Crippen molar-refractivity contribution in [3.63, 3.8) is 0 Å². The number of nitrogens with zero attached hydrogens (tertiary/aromatic N) is 1. The Bertz CT molecular complexity index is 304. The summed E-state index contributed by atoms with van der Waals surface area (Å²) < 4.78 is 12.6. The van der Waals surface area contributed by atoms with Gasteiger partial charge in [0.15, 0.2) is 0 Å². The highest BCUT2D eigenvalue weighted by Crippen LogP contribution is 2.24. The molecule has 0 bridgehead atoms. The predicted molar refractivity (Wildman–Crippen MR) is 45.8 cm³/mol. The van der Waals surface area contributed by atoms with Crippen molar-refractivity contribution in [3.05, 3.63) is 33.6 Å². The minimum atomic E-state index is -0.528. The second kappa shape index (κ2) is 3.74. The molecule has 0 aliphatic heterocycles. The highest BCUT2D eigenvalue weighted by molar-refractivity contribution is 6.38. The first-order valence-electron chi connectivity index (χ1n) is 2.97. The number of oxime groups is 1. The maximum atomic E-state index is 12.6. The van der Waals surface area contributed by atoms with Gasteiger partial charge in [0.25, 0.3) is 0 Å². The summed E-state index contributed by atoms with van der Waals surface area (Å²) in [6.07, 6.45) is 1.05. The highest BCUT2D eigenvalue weighted by Gasteiger charge is 2.05. The third-order valence-electron chi connectivity index (χ3n) is 1.23. The molecule has 0 amide bonds. The first-order valence-corrected chi connectivity index (χ1v) is 3.72. The van der Waals surface area contributed by atoms with E-state index in [0.717, 1.165) is 18.3 Å². The van der Waals surface area contributed by atoms with Gasteiger partial charge < -0.3 is 5.21 Å². The first kappa shape index (κ1) is 9.29. The van der Waals surface area contributed by atoms with Crippen molar-refractivity contribution in [1.29, 1.82) is 0 Å². The largest absolute Gasteiger partial charge is 0.411 e. The van der Waals surface area contributed by atoms with Gasteiger partial charge in [-0.05, 0) is 12.1 Å². The molecule has 64 valence electrons. The van der Waals surface area contributed by atoms with E-state index in [-0.39, 0.29) is 10.0 Å². The fraction of sp³-hybridized carbons (Fsp3) is 0. The Kier molecular flexibility index (Phi) is 2.89. The van der Waals surface area contributed by atoms with Gasteiger partial charge in [0.1, 0.15) is 5.82 Å². The molecule has 12 heavy (non-hydrogen) atoms. The zero-order valence-corrected chi connectivity index (χ0v) is 7.27. The maximum Gasteiger partial charge on any atom is 0.126 e. The third kappa shape index (κ3) is 1.87. The van der Waals surface area contributed by atoms with Crippen LogP contribution in [0.15, 0.2) is 17.3 Å². The van der Waals surface area contributed by atoms with Crippen molar-refractivity contribution in [2.24, 2.45) is 5.16 Å². The molecule has 0 aliphatic carbocycles. The standard InChI is InChI=1S/C7H4Cl2FNO/c8-6-1-4(10)2-7(9)5(6)3-11-12/h1-3,12H/b11-3-. The van der Waals surface area contributed by atoms with Crippen LogP contribution in [0.25, 0.3) is 0 Å². The molecule has 0 aliphatic rings. The molecule has 1 rings (SSSR count). The predicted octanol–water partition coefficient (Wildman–Crippen LogP) is 2.94. The molecule has 0 saturated heterocycles. The first-order chi connectivity index (χ1) is 5.65. The van der Waals surface area contributed by atoms with E-state index in [0.29, 0.717) is 5.56 Å².